The average Bonchev–Trinajstić information content (AvgIpc) is 2.38. The Labute approximate surface area is 129 Å². The molecular weight excluding hydrogens is 320 g/mol. The maximum Gasteiger partial charge on any atom is 0.419 e. The summed E-state index contributed by atoms with van der Waals surface area (Å²) in [6.07, 6.45) is -0.229. The lowest BCUT2D eigenvalue weighted by atomic mass is 10.2. The van der Waals surface area contributed by atoms with Gasteiger partial charge in [-0.2, -0.15) is 0 Å². The third-order valence-corrected chi connectivity index (χ3v) is 3.06. The number of ether oxygens (including phenoxy) is 2. The second kappa shape index (κ2) is 8.48. The lowest BCUT2D eigenvalue weighted by molar-refractivity contribution is 0.106. The molecule has 0 saturated heterocycles. The van der Waals surface area contributed by atoms with Crippen molar-refractivity contribution in [1.82, 2.24) is 4.72 Å². The van der Waals surface area contributed by atoms with Gasteiger partial charge in [-0.25, -0.2) is 18.5 Å². The molecule has 21 heavy (non-hydrogen) atoms. The molecule has 1 aromatic carbocycles. The second-order valence-electron chi connectivity index (χ2n) is 3.92. The Kier molecular flexibility index (Phi) is 6.97. The number of rotatable bonds is 5. The van der Waals surface area contributed by atoms with Crippen LogP contribution in [-0.2, 0) is 20.5 Å². The molecule has 0 fully saturated rings. The fourth-order valence-electron chi connectivity index (χ4n) is 1.29. The number of carbonyl (C=O) groups is 2. The number of hydrogen-bond donors (Lipinski definition) is 2. The minimum absolute atomic E-state index is 0.123. The fraction of sp³-hybridized carbons (Fsp3) is 0.333. The van der Waals surface area contributed by atoms with E-state index in [1.54, 1.807) is 18.2 Å². The summed E-state index contributed by atoms with van der Waals surface area (Å²) in [7, 11) is -1.50. The highest BCUT2D eigenvalue weighted by Crippen LogP contribution is 2.19. The van der Waals surface area contributed by atoms with Gasteiger partial charge in [0, 0.05) is 17.0 Å². The van der Waals surface area contributed by atoms with E-state index in [0.29, 0.717) is 10.7 Å². The Morgan fingerprint density at radius 3 is 2.43 bits per heavy atom. The van der Waals surface area contributed by atoms with Crippen LogP contribution in [0.3, 0.4) is 0 Å². The summed E-state index contributed by atoms with van der Waals surface area (Å²) in [6.45, 7) is 1.54. The Balaban J connectivity index is 2.26. The molecule has 0 aliphatic carbocycles. The molecule has 0 heterocycles. The van der Waals surface area contributed by atoms with Crippen LogP contribution in [0.25, 0.3) is 0 Å². The summed E-state index contributed by atoms with van der Waals surface area (Å²) in [5.74, 6) is 0. The van der Waals surface area contributed by atoms with Crippen LogP contribution in [-0.4, -0.2) is 35.9 Å². The molecule has 1 unspecified atom stereocenters. The van der Waals surface area contributed by atoms with Crippen LogP contribution in [0.15, 0.2) is 18.2 Å². The molecule has 0 saturated carbocycles. The zero-order chi connectivity index (χ0) is 15.8. The molecule has 0 spiro atoms. The van der Waals surface area contributed by atoms with Gasteiger partial charge in [0.2, 0.25) is 0 Å². The molecule has 9 heteroatoms. The first-order valence-electron chi connectivity index (χ1n) is 5.85. The lowest BCUT2D eigenvalue weighted by Crippen LogP contribution is -2.27. The van der Waals surface area contributed by atoms with Gasteiger partial charge in [0.05, 0.1) is 0 Å². The summed E-state index contributed by atoms with van der Waals surface area (Å²) in [5.41, 5.74) is 1.36. The van der Waals surface area contributed by atoms with E-state index in [4.69, 9.17) is 16.3 Å². The van der Waals surface area contributed by atoms with E-state index in [2.05, 4.69) is 10.1 Å². The molecular formula is C12H15ClN2O5S. The standard InChI is InChI=1S/C12H15ClN2O5S/c1-8-7-9(3-4-10(8)13)14-11(16)19-5-6-20-12(17)15-21(2)18/h3-4,7H,5-6H2,1-2H3,(H,14,16)(H,15,17). The van der Waals surface area contributed by atoms with Gasteiger partial charge in [0.25, 0.3) is 0 Å². The van der Waals surface area contributed by atoms with Crippen molar-refractivity contribution in [2.75, 3.05) is 24.8 Å². The zero-order valence-corrected chi connectivity index (χ0v) is 13.0. The first kappa shape index (κ1) is 17.3. The van der Waals surface area contributed by atoms with Gasteiger partial charge in [-0.3, -0.25) is 5.32 Å². The number of hydrogen-bond acceptors (Lipinski definition) is 5. The minimum Gasteiger partial charge on any atom is -0.446 e. The average molecular weight is 335 g/mol. The van der Waals surface area contributed by atoms with Crippen LogP contribution in [0.5, 0.6) is 0 Å². The normalized spacial score (nSPS) is 11.4. The van der Waals surface area contributed by atoms with Crippen molar-refractivity contribution in [3.05, 3.63) is 28.8 Å². The van der Waals surface area contributed by atoms with Crippen LogP contribution in [0.4, 0.5) is 15.3 Å². The highest BCUT2D eigenvalue weighted by atomic mass is 35.5. The number of benzene rings is 1. The first-order valence-corrected chi connectivity index (χ1v) is 7.79. The Bertz CT molecular complexity index is 552. The summed E-state index contributed by atoms with van der Waals surface area (Å²) in [5, 5.41) is 3.10. The van der Waals surface area contributed by atoms with Gasteiger partial charge >= 0.3 is 12.2 Å². The quantitative estimate of drug-likeness (QED) is 0.805. The largest absolute Gasteiger partial charge is 0.446 e. The van der Waals surface area contributed by atoms with Crippen molar-refractivity contribution in [2.45, 2.75) is 6.92 Å². The third kappa shape index (κ3) is 6.96. The highest BCUT2D eigenvalue weighted by Gasteiger charge is 2.06. The predicted octanol–water partition coefficient (Wildman–Crippen LogP) is 2.22. The first-order chi connectivity index (χ1) is 9.88. The maximum absolute atomic E-state index is 11.5. The number of halogens is 1. The van der Waals surface area contributed by atoms with E-state index in [0.717, 1.165) is 5.56 Å². The number of anilines is 1. The van der Waals surface area contributed by atoms with E-state index < -0.39 is 23.2 Å². The van der Waals surface area contributed by atoms with Crippen molar-refractivity contribution < 1.29 is 23.3 Å². The number of carbonyl (C=O) groups excluding carboxylic acids is 2. The molecule has 2 amide bonds. The van der Waals surface area contributed by atoms with Crippen molar-refractivity contribution in [3.63, 3.8) is 0 Å². The van der Waals surface area contributed by atoms with Crippen molar-refractivity contribution in [3.8, 4) is 0 Å². The summed E-state index contributed by atoms with van der Waals surface area (Å²) in [6, 6.07) is 4.99. The highest BCUT2D eigenvalue weighted by molar-refractivity contribution is 7.82. The fourth-order valence-corrected chi connectivity index (χ4v) is 1.70. The van der Waals surface area contributed by atoms with Crippen LogP contribution in [0, 0.1) is 6.92 Å². The molecule has 0 bridgehead atoms. The van der Waals surface area contributed by atoms with Gasteiger partial charge in [-0.15, -0.1) is 0 Å². The van der Waals surface area contributed by atoms with Gasteiger partial charge in [0.15, 0.2) is 0 Å². The Morgan fingerprint density at radius 1 is 1.24 bits per heavy atom. The van der Waals surface area contributed by atoms with E-state index in [-0.39, 0.29) is 13.2 Å². The van der Waals surface area contributed by atoms with Crippen molar-refractivity contribution in [2.24, 2.45) is 0 Å². The van der Waals surface area contributed by atoms with Gasteiger partial charge in [-0.05, 0) is 30.7 Å². The summed E-state index contributed by atoms with van der Waals surface area (Å²) in [4.78, 5) is 22.4. The van der Waals surface area contributed by atoms with Crippen LogP contribution < -0.4 is 10.0 Å². The summed E-state index contributed by atoms with van der Waals surface area (Å²) < 4.78 is 22.1. The van der Waals surface area contributed by atoms with Crippen molar-refractivity contribution >= 4 is 40.5 Å². The molecule has 2 N–H and O–H groups in total. The van der Waals surface area contributed by atoms with Gasteiger partial charge < -0.3 is 9.47 Å². The van der Waals surface area contributed by atoms with Gasteiger partial charge in [-0.1, -0.05) is 11.6 Å². The molecule has 7 nitrogen and oxygen atoms in total. The van der Waals surface area contributed by atoms with E-state index in [1.165, 1.54) is 6.26 Å². The molecule has 0 radical (unpaired) electrons. The molecule has 0 aliphatic rings. The molecule has 1 atom stereocenters. The number of amides is 2. The van der Waals surface area contributed by atoms with Crippen LogP contribution in [0.1, 0.15) is 5.56 Å². The third-order valence-electron chi connectivity index (χ3n) is 2.18. The Morgan fingerprint density at radius 2 is 1.86 bits per heavy atom. The zero-order valence-electron chi connectivity index (χ0n) is 11.5. The molecule has 0 aromatic heterocycles. The summed E-state index contributed by atoms with van der Waals surface area (Å²) >= 11 is 5.87. The van der Waals surface area contributed by atoms with Crippen molar-refractivity contribution in [1.29, 1.82) is 0 Å². The van der Waals surface area contributed by atoms with E-state index >= 15 is 0 Å². The molecule has 1 aromatic rings. The number of aryl methyl sites for hydroxylation is 1. The second-order valence-corrected chi connectivity index (χ2v) is 5.44. The monoisotopic (exact) mass is 334 g/mol. The van der Waals surface area contributed by atoms with Crippen LogP contribution >= 0.6 is 11.6 Å². The smallest absolute Gasteiger partial charge is 0.419 e. The lowest BCUT2D eigenvalue weighted by Gasteiger charge is -2.08. The maximum atomic E-state index is 11.5. The van der Waals surface area contributed by atoms with Crippen LogP contribution in [0.2, 0.25) is 5.02 Å². The Hall–Kier alpha value is -1.80. The SMILES string of the molecule is Cc1cc(NC(=O)OCCOC(=O)NS(C)=O)ccc1Cl. The molecule has 1 rings (SSSR count). The molecule has 116 valence electrons. The van der Waals surface area contributed by atoms with E-state index in [1.807, 2.05) is 11.6 Å². The van der Waals surface area contributed by atoms with Gasteiger partial charge in [0.1, 0.15) is 24.2 Å². The predicted molar refractivity (Wildman–Crippen MR) is 79.7 cm³/mol. The number of nitrogens with one attached hydrogen (secondary N) is 2. The minimum atomic E-state index is -1.50. The topological polar surface area (TPSA) is 93.7 Å². The van der Waals surface area contributed by atoms with E-state index in [9.17, 15) is 13.8 Å². The molecule has 0 aliphatic heterocycles.